The standard InChI is InChI=1S/C11H12N2O/c1-2-3-11-12-7-10-6-9(8-14)4-5-13(10)11/h4-8H,2-3H2,1H3. The van der Waals surface area contributed by atoms with E-state index in [2.05, 4.69) is 11.9 Å². The third kappa shape index (κ3) is 1.41. The molecular weight excluding hydrogens is 176 g/mol. The number of hydrogen-bond donors (Lipinski definition) is 0. The third-order valence-electron chi connectivity index (χ3n) is 2.24. The molecule has 72 valence electrons. The Bertz CT molecular complexity index is 459. The largest absolute Gasteiger partial charge is 0.304 e. The van der Waals surface area contributed by atoms with E-state index < -0.39 is 0 Å². The molecule has 0 radical (unpaired) electrons. The monoisotopic (exact) mass is 188 g/mol. The Labute approximate surface area is 82.4 Å². The average molecular weight is 188 g/mol. The number of nitrogens with zero attached hydrogens (tertiary/aromatic N) is 2. The molecule has 0 aromatic carbocycles. The van der Waals surface area contributed by atoms with Crippen molar-refractivity contribution in [2.45, 2.75) is 19.8 Å². The van der Waals surface area contributed by atoms with Gasteiger partial charge in [0.15, 0.2) is 0 Å². The highest BCUT2D eigenvalue weighted by Crippen LogP contribution is 2.09. The highest BCUT2D eigenvalue weighted by molar-refractivity contribution is 5.77. The topological polar surface area (TPSA) is 34.4 Å². The van der Waals surface area contributed by atoms with Crippen molar-refractivity contribution in [1.82, 2.24) is 9.38 Å². The third-order valence-corrected chi connectivity index (χ3v) is 2.24. The van der Waals surface area contributed by atoms with Crippen LogP contribution in [0.25, 0.3) is 5.52 Å². The molecule has 2 aromatic rings. The van der Waals surface area contributed by atoms with Crippen LogP contribution in [-0.2, 0) is 6.42 Å². The first kappa shape index (κ1) is 8.94. The van der Waals surface area contributed by atoms with Gasteiger partial charge in [0.05, 0.1) is 11.7 Å². The van der Waals surface area contributed by atoms with Gasteiger partial charge in [-0.05, 0) is 18.6 Å². The van der Waals surface area contributed by atoms with Gasteiger partial charge in [0.1, 0.15) is 12.1 Å². The van der Waals surface area contributed by atoms with Gasteiger partial charge in [-0.1, -0.05) is 6.92 Å². The molecule has 0 aliphatic heterocycles. The number of carbonyl (C=O) groups excluding carboxylic acids is 1. The van der Waals surface area contributed by atoms with Gasteiger partial charge in [0.25, 0.3) is 0 Å². The molecule has 0 amide bonds. The first-order chi connectivity index (χ1) is 6.85. The summed E-state index contributed by atoms with van der Waals surface area (Å²) in [6, 6.07) is 3.65. The zero-order valence-electron chi connectivity index (χ0n) is 8.10. The first-order valence-electron chi connectivity index (χ1n) is 4.76. The molecule has 0 fully saturated rings. The molecular formula is C11H12N2O. The minimum Gasteiger partial charge on any atom is -0.304 e. The quantitative estimate of drug-likeness (QED) is 0.691. The van der Waals surface area contributed by atoms with Gasteiger partial charge in [-0.25, -0.2) is 4.98 Å². The molecule has 2 aromatic heterocycles. The van der Waals surface area contributed by atoms with Crippen molar-refractivity contribution in [3.8, 4) is 0 Å². The number of imidazole rings is 1. The molecule has 3 heteroatoms. The van der Waals surface area contributed by atoms with E-state index in [9.17, 15) is 4.79 Å². The molecule has 0 atom stereocenters. The molecule has 0 spiro atoms. The van der Waals surface area contributed by atoms with Crippen LogP contribution >= 0.6 is 0 Å². The summed E-state index contributed by atoms with van der Waals surface area (Å²) in [7, 11) is 0. The minimum atomic E-state index is 0.695. The van der Waals surface area contributed by atoms with Crippen molar-refractivity contribution in [1.29, 1.82) is 0 Å². The minimum absolute atomic E-state index is 0.695. The Morgan fingerprint density at radius 1 is 1.57 bits per heavy atom. The van der Waals surface area contributed by atoms with Crippen molar-refractivity contribution in [2.75, 3.05) is 0 Å². The second-order valence-electron chi connectivity index (χ2n) is 3.30. The number of hydrogen-bond acceptors (Lipinski definition) is 2. The predicted molar refractivity (Wildman–Crippen MR) is 54.6 cm³/mol. The molecule has 0 saturated carbocycles. The van der Waals surface area contributed by atoms with Crippen molar-refractivity contribution >= 4 is 11.8 Å². The lowest BCUT2D eigenvalue weighted by Crippen LogP contribution is -1.94. The Hall–Kier alpha value is -1.64. The summed E-state index contributed by atoms with van der Waals surface area (Å²) in [5.74, 6) is 1.06. The number of fused-ring (bicyclic) bond motifs is 1. The van der Waals surface area contributed by atoms with Crippen molar-refractivity contribution < 1.29 is 4.79 Å². The lowest BCUT2D eigenvalue weighted by Gasteiger charge is -1.99. The molecule has 0 aliphatic carbocycles. The van der Waals surface area contributed by atoms with Crippen LogP contribution in [0.5, 0.6) is 0 Å². The Morgan fingerprint density at radius 3 is 3.14 bits per heavy atom. The van der Waals surface area contributed by atoms with Crippen molar-refractivity contribution in [3.63, 3.8) is 0 Å². The fourth-order valence-corrected chi connectivity index (χ4v) is 1.55. The van der Waals surface area contributed by atoms with Crippen LogP contribution in [0.4, 0.5) is 0 Å². The molecule has 0 aliphatic rings. The van der Waals surface area contributed by atoms with Gasteiger partial charge < -0.3 is 4.40 Å². The second kappa shape index (κ2) is 3.62. The van der Waals surface area contributed by atoms with Crippen molar-refractivity contribution in [2.24, 2.45) is 0 Å². The molecule has 2 heterocycles. The van der Waals surface area contributed by atoms with Gasteiger partial charge in [0.2, 0.25) is 0 Å². The zero-order valence-corrected chi connectivity index (χ0v) is 8.10. The summed E-state index contributed by atoms with van der Waals surface area (Å²) >= 11 is 0. The summed E-state index contributed by atoms with van der Waals surface area (Å²) in [5, 5.41) is 0. The van der Waals surface area contributed by atoms with E-state index in [4.69, 9.17) is 0 Å². The van der Waals surface area contributed by atoms with Crippen LogP contribution in [0.1, 0.15) is 29.5 Å². The van der Waals surface area contributed by atoms with Crippen molar-refractivity contribution in [3.05, 3.63) is 35.9 Å². The van der Waals surface area contributed by atoms with Gasteiger partial charge in [-0.3, -0.25) is 4.79 Å². The van der Waals surface area contributed by atoms with Gasteiger partial charge in [-0.15, -0.1) is 0 Å². The maximum atomic E-state index is 10.6. The van der Waals surface area contributed by atoms with Crippen LogP contribution in [0.3, 0.4) is 0 Å². The van der Waals surface area contributed by atoms with E-state index in [0.717, 1.165) is 30.5 Å². The lowest BCUT2D eigenvalue weighted by atomic mass is 10.2. The molecule has 3 nitrogen and oxygen atoms in total. The molecule has 0 bridgehead atoms. The number of pyridine rings is 1. The fraction of sp³-hybridized carbons (Fsp3) is 0.273. The normalized spacial score (nSPS) is 10.6. The van der Waals surface area contributed by atoms with Gasteiger partial charge in [0, 0.05) is 18.2 Å². The van der Waals surface area contributed by atoms with E-state index in [1.54, 1.807) is 12.3 Å². The van der Waals surface area contributed by atoms with Crippen LogP contribution < -0.4 is 0 Å². The average Bonchev–Trinajstić information content (AvgIpc) is 2.61. The Balaban J connectivity index is 2.53. The molecule has 0 saturated heterocycles. The molecule has 0 N–H and O–H groups in total. The van der Waals surface area contributed by atoms with Gasteiger partial charge in [-0.2, -0.15) is 0 Å². The van der Waals surface area contributed by atoms with Crippen LogP contribution in [0.2, 0.25) is 0 Å². The molecule has 0 unspecified atom stereocenters. The Morgan fingerprint density at radius 2 is 2.43 bits per heavy atom. The van der Waals surface area contributed by atoms with E-state index in [0.29, 0.717) is 5.56 Å². The Kier molecular flexibility index (Phi) is 2.31. The number of aldehydes is 1. The summed E-state index contributed by atoms with van der Waals surface area (Å²) in [5.41, 5.74) is 1.68. The first-order valence-corrected chi connectivity index (χ1v) is 4.76. The highest BCUT2D eigenvalue weighted by atomic mass is 16.1. The van der Waals surface area contributed by atoms with E-state index in [-0.39, 0.29) is 0 Å². The van der Waals surface area contributed by atoms with Crippen LogP contribution in [0, 0.1) is 0 Å². The number of rotatable bonds is 3. The maximum Gasteiger partial charge on any atom is 0.150 e. The zero-order chi connectivity index (χ0) is 9.97. The fourth-order valence-electron chi connectivity index (χ4n) is 1.55. The summed E-state index contributed by atoms with van der Waals surface area (Å²) in [6.45, 7) is 2.13. The lowest BCUT2D eigenvalue weighted by molar-refractivity contribution is 0.112. The number of carbonyl (C=O) groups is 1. The molecule has 2 rings (SSSR count). The van der Waals surface area contributed by atoms with Gasteiger partial charge >= 0.3 is 0 Å². The predicted octanol–water partition coefficient (Wildman–Crippen LogP) is 2.10. The summed E-state index contributed by atoms with van der Waals surface area (Å²) < 4.78 is 2.02. The van der Waals surface area contributed by atoms with E-state index >= 15 is 0 Å². The van der Waals surface area contributed by atoms with E-state index in [1.807, 2.05) is 16.7 Å². The maximum absolute atomic E-state index is 10.6. The van der Waals surface area contributed by atoms with Crippen LogP contribution in [-0.4, -0.2) is 15.7 Å². The van der Waals surface area contributed by atoms with E-state index in [1.165, 1.54) is 0 Å². The SMILES string of the molecule is CCCc1ncc2cc(C=O)ccn12. The summed E-state index contributed by atoms with van der Waals surface area (Å²) in [4.78, 5) is 14.9. The van der Waals surface area contributed by atoms with Crippen LogP contribution in [0.15, 0.2) is 24.5 Å². The summed E-state index contributed by atoms with van der Waals surface area (Å²) in [6.07, 6.45) is 6.60. The second-order valence-corrected chi connectivity index (χ2v) is 3.30. The number of aryl methyl sites for hydroxylation is 1. The number of aromatic nitrogens is 2. The smallest absolute Gasteiger partial charge is 0.150 e. The molecule has 14 heavy (non-hydrogen) atoms. The highest BCUT2D eigenvalue weighted by Gasteiger charge is 2.02.